The number of nitrogens with zero attached hydrogens (tertiary/aromatic N) is 2. The number of piperidine rings is 1. The summed E-state index contributed by atoms with van der Waals surface area (Å²) in [7, 11) is 0. The summed E-state index contributed by atoms with van der Waals surface area (Å²) in [6, 6.07) is 4.25. The molecule has 1 N–H and O–H groups in total. The number of amides is 1. The van der Waals surface area contributed by atoms with Gasteiger partial charge in [0.05, 0.1) is 11.4 Å². The Morgan fingerprint density at radius 1 is 1.45 bits per heavy atom. The van der Waals surface area contributed by atoms with Crippen LogP contribution in [0.25, 0.3) is 6.08 Å². The number of hydrogen-bond acceptors (Lipinski definition) is 4. The van der Waals surface area contributed by atoms with Crippen molar-refractivity contribution in [2.45, 2.75) is 45.3 Å². The molecule has 22 heavy (non-hydrogen) atoms. The van der Waals surface area contributed by atoms with Crippen LogP contribution in [0.5, 0.6) is 0 Å². The summed E-state index contributed by atoms with van der Waals surface area (Å²) >= 11 is 0. The molecular weight excluding hydrogens is 278 g/mol. The van der Waals surface area contributed by atoms with Crippen molar-refractivity contribution >= 4 is 17.9 Å². The van der Waals surface area contributed by atoms with Gasteiger partial charge in [0.25, 0.3) is 0 Å². The Kier molecular flexibility index (Phi) is 5.06. The van der Waals surface area contributed by atoms with Gasteiger partial charge in [-0.2, -0.15) is 0 Å². The zero-order chi connectivity index (χ0) is 16.2. The van der Waals surface area contributed by atoms with Gasteiger partial charge in [-0.25, -0.2) is 4.79 Å². The van der Waals surface area contributed by atoms with Crippen LogP contribution < -0.4 is 5.32 Å². The molecule has 0 aliphatic carbocycles. The first kappa shape index (κ1) is 16.3. The van der Waals surface area contributed by atoms with E-state index < -0.39 is 5.60 Å². The van der Waals surface area contributed by atoms with Crippen LogP contribution >= 0.6 is 0 Å². The standard InChI is InChI=1S/C17H25N3O2/c1-5-14-15(7-6-10-18-14)19-13-8-11-20(12-9-13)16(21)22-17(2,3)4/h5-7,10,13,19H,1,8-9,11-12H2,2-4H3. The lowest BCUT2D eigenvalue weighted by atomic mass is 10.0. The summed E-state index contributed by atoms with van der Waals surface area (Å²) in [5, 5.41) is 3.50. The minimum absolute atomic E-state index is 0.223. The molecule has 1 aromatic heterocycles. The van der Waals surface area contributed by atoms with E-state index in [-0.39, 0.29) is 6.09 Å². The van der Waals surface area contributed by atoms with Crippen LogP contribution in [0.3, 0.4) is 0 Å². The number of anilines is 1. The Morgan fingerprint density at radius 3 is 2.73 bits per heavy atom. The summed E-state index contributed by atoms with van der Waals surface area (Å²) in [4.78, 5) is 18.1. The second-order valence-electron chi connectivity index (χ2n) is 6.53. The highest BCUT2D eigenvalue weighted by atomic mass is 16.6. The van der Waals surface area contributed by atoms with E-state index in [0.717, 1.165) is 24.2 Å². The lowest BCUT2D eigenvalue weighted by Gasteiger charge is -2.34. The Bertz CT molecular complexity index is 529. The zero-order valence-electron chi connectivity index (χ0n) is 13.6. The molecule has 1 fully saturated rings. The lowest BCUT2D eigenvalue weighted by Crippen LogP contribution is -2.44. The van der Waals surface area contributed by atoms with Gasteiger partial charge in [-0.3, -0.25) is 4.98 Å². The lowest BCUT2D eigenvalue weighted by molar-refractivity contribution is 0.0210. The summed E-state index contributed by atoms with van der Waals surface area (Å²) in [5.41, 5.74) is 1.41. The fraction of sp³-hybridized carbons (Fsp3) is 0.529. The molecule has 0 spiro atoms. The topological polar surface area (TPSA) is 54.5 Å². The van der Waals surface area contributed by atoms with E-state index in [0.29, 0.717) is 19.1 Å². The number of rotatable bonds is 3. The number of nitrogens with one attached hydrogen (secondary N) is 1. The van der Waals surface area contributed by atoms with E-state index in [9.17, 15) is 4.79 Å². The SMILES string of the molecule is C=Cc1ncccc1NC1CCN(C(=O)OC(C)(C)C)CC1. The van der Waals surface area contributed by atoms with Gasteiger partial charge in [-0.15, -0.1) is 0 Å². The van der Waals surface area contributed by atoms with Crippen molar-refractivity contribution in [2.75, 3.05) is 18.4 Å². The monoisotopic (exact) mass is 303 g/mol. The fourth-order valence-electron chi connectivity index (χ4n) is 2.46. The molecule has 1 amide bonds. The Labute approximate surface area is 132 Å². The molecule has 2 heterocycles. The van der Waals surface area contributed by atoms with Crippen molar-refractivity contribution in [3.05, 3.63) is 30.6 Å². The normalized spacial score (nSPS) is 16.2. The van der Waals surface area contributed by atoms with Gasteiger partial charge in [0.1, 0.15) is 5.60 Å². The number of ether oxygens (including phenoxy) is 1. The van der Waals surface area contributed by atoms with Crippen molar-refractivity contribution in [3.63, 3.8) is 0 Å². The molecule has 1 aliphatic rings. The van der Waals surface area contributed by atoms with Crippen LogP contribution in [0.4, 0.5) is 10.5 Å². The van der Waals surface area contributed by atoms with E-state index in [1.54, 1.807) is 17.2 Å². The minimum atomic E-state index is -0.444. The van der Waals surface area contributed by atoms with Gasteiger partial charge in [-0.1, -0.05) is 6.58 Å². The fourth-order valence-corrected chi connectivity index (χ4v) is 2.46. The van der Waals surface area contributed by atoms with Crippen LogP contribution in [-0.2, 0) is 4.74 Å². The Morgan fingerprint density at radius 2 is 2.14 bits per heavy atom. The molecule has 1 aromatic rings. The Hall–Kier alpha value is -2.04. The molecule has 0 aromatic carbocycles. The third-order valence-corrected chi connectivity index (χ3v) is 3.54. The largest absolute Gasteiger partial charge is 0.444 e. The van der Waals surface area contributed by atoms with E-state index in [4.69, 9.17) is 4.74 Å². The van der Waals surface area contributed by atoms with E-state index in [1.807, 2.05) is 32.9 Å². The van der Waals surface area contributed by atoms with Gasteiger partial charge in [0.2, 0.25) is 0 Å². The maximum atomic E-state index is 12.0. The number of carbonyl (C=O) groups excluding carboxylic acids is 1. The molecule has 0 bridgehead atoms. The van der Waals surface area contributed by atoms with Crippen LogP contribution in [0.2, 0.25) is 0 Å². The van der Waals surface area contributed by atoms with Crippen molar-refractivity contribution < 1.29 is 9.53 Å². The highest BCUT2D eigenvalue weighted by molar-refractivity contribution is 5.68. The third-order valence-electron chi connectivity index (χ3n) is 3.54. The third kappa shape index (κ3) is 4.48. The highest BCUT2D eigenvalue weighted by Gasteiger charge is 2.26. The number of aromatic nitrogens is 1. The summed E-state index contributed by atoms with van der Waals surface area (Å²) in [5.74, 6) is 0. The van der Waals surface area contributed by atoms with Gasteiger partial charge in [0, 0.05) is 25.3 Å². The molecule has 0 saturated carbocycles. The molecule has 0 radical (unpaired) electrons. The quantitative estimate of drug-likeness (QED) is 0.928. The number of hydrogen-bond donors (Lipinski definition) is 1. The molecule has 1 saturated heterocycles. The molecular formula is C17H25N3O2. The van der Waals surface area contributed by atoms with Crippen molar-refractivity contribution in [1.82, 2.24) is 9.88 Å². The summed E-state index contributed by atoms with van der Waals surface area (Å²) in [6.07, 6.45) is 5.07. The van der Waals surface area contributed by atoms with E-state index >= 15 is 0 Å². The van der Waals surface area contributed by atoms with Gasteiger partial charge >= 0.3 is 6.09 Å². The molecule has 0 atom stereocenters. The number of likely N-dealkylation sites (tertiary alicyclic amines) is 1. The smallest absolute Gasteiger partial charge is 0.410 e. The van der Waals surface area contributed by atoms with Crippen LogP contribution in [0.15, 0.2) is 24.9 Å². The van der Waals surface area contributed by atoms with Gasteiger partial charge in [-0.05, 0) is 51.8 Å². The Balaban J connectivity index is 1.87. The van der Waals surface area contributed by atoms with Crippen LogP contribution in [0.1, 0.15) is 39.3 Å². The highest BCUT2D eigenvalue weighted by Crippen LogP contribution is 2.20. The predicted molar refractivity (Wildman–Crippen MR) is 88.8 cm³/mol. The zero-order valence-corrected chi connectivity index (χ0v) is 13.6. The van der Waals surface area contributed by atoms with Crippen molar-refractivity contribution in [3.8, 4) is 0 Å². The summed E-state index contributed by atoms with van der Waals surface area (Å²) in [6.45, 7) is 10.9. The number of pyridine rings is 1. The first-order chi connectivity index (χ1) is 10.4. The number of carbonyl (C=O) groups is 1. The van der Waals surface area contributed by atoms with Gasteiger partial charge < -0.3 is 15.0 Å². The van der Waals surface area contributed by atoms with E-state index in [2.05, 4.69) is 16.9 Å². The molecule has 2 rings (SSSR count). The second kappa shape index (κ2) is 6.81. The summed E-state index contributed by atoms with van der Waals surface area (Å²) < 4.78 is 5.41. The van der Waals surface area contributed by atoms with Crippen LogP contribution in [-0.4, -0.2) is 40.7 Å². The van der Waals surface area contributed by atoms with E-state index in [1.165, 1.54) is 0 Å². The molecule has 5 heteroatoms. The maximum absolute atomic E-state index is 12.0. The first-order valence-electron chi connectivity index (χ1n) is 7.71. The molecule has 5 nitrogen and oxygen atoms in total. The molecule has 120 valence electrons. The van der Waals surface area contributed by atoms with Gasteiger partial charge in [0.15, 0.2) is 0 Å². The molecule has 1 aliphatic heterocycles. The average Bonchev–Trinajstić information content (AvgIpc) is 2.47. The van der Waals surface area contributed by atoms with Crippen molar-refractivity contribution in [1.29, 1.82) is 0 Å². The maximum Gasteiger partial charge on any atom is 0.410 e. The average molecular weight is 303 g/mol. The molecule has 0 unspecified atom stereocenters. The van der Waals surface area contributed by atoms with Crippen LogP contribution in [0, 0.1) is 0 Å². The minimum Gasteiger partial charge on any atom is -0.444 e. The van der Waals surface area contributed by atoms with Crippen molar-refractivity contribution in [2.24, 2.45) is 0 Å². The predicted octanol–water partition coefficient (Wildman–Crippen LogP) is 3.54. The first-order valence-corrected chi connectivity index (χ1v) is 7.71. The second-order valence-corrected chi connectivity index (χ2v) is 6.53.